The lowest BCUT2D eigenvalue weighted by atomic mass is 10.1. The van der Waals surface area contributed by atoms with E-state index in [1.54, 1.807) is 0 Å². The number of fused-ring (bicyclic) bond motifs is 1. The maximum absolute atomic E-state index is 6.03. The number of rotatable bonds is 3. The van der Waals surface area contributed by atoms with Gasteiger partial charge < -0.3 is 4.57 Å². The minimum Gasteiger partial charge on any atom is -0.311 e. The molecule has 0 aromatic carbocycles. The van der Waals surface area contributed by atoms with Crippen molar-refractivity contribution in [2.75, 3.05) is 0 Å². The second-order valence-corrected chi connectivity index (χ2v) is 6.74. The number of halogens is 2. The van der Waals surface area contributed by atoms with Gasteiger partial charge in [0.2, 0.25) is 0 Å². The van der Waals surface area contributed by atoms with E-state index in [0.717, 1.165) is 39.8 Å². The van der Waals surface area contributed by atoms with Crippen LogP contribution in [0, 0.1) is 11.8 Å². The maximum atomic E-state index is 6.03. The molecule has 0 amide bonds. The van der Waals surface area contributed by atoms with Crippen LogP contribution in [0.15, 0.2) is 16.7 Å². The Bertz CT molecular complexity index is 596. The highest BCUT2D eigenvalue weighted by molar-refractivity contribution is 9.10. The molecule has 0 aliphatic heterocycles. The fourth-order valence-electron chi connectivity index (χ4n) is 3.08. The molecular weight excluding hydrogens is 326 g/mol. The molecule has 0 saturated heterocycles. The van der Waals surface area contributed by atoms with Crippen molar-refractivity contribution in [3.8, 4) is 0 Å². The Balaban J connectivity index is 1.96. The first-order chi connectivity index (χ1) is 9.17. The number of hydrogen-bond acceptors (Lipinski definition) is 2. The molecule has 2 unspecified atom stereocenters. The highest BCUT2D eigenvalue weighted by atomic mass is 79.9. The van der Waals surface area contributed by atoms with Gasteiger partial charge in [-0.05, 0) is 46.7 Å². The van der Waals surface area contributed by atoms with Crippen LogP contribution < -0.4 is 0 Å². The number of nitrogens with zero attached hydrogens (tertiary/aromatic N) is 3. The Kier molecular flexibility index (Phi) is 3.81. The maximum Gasteiger partial charge on any atom is 0.160 e. The summed E-state index contributed by atoms with van der Waals surface area (Å²) >= 11 is 9.47. The molecular formula is C14H17BrClN3. The number of pyridine rings is 1. The van der Waals surface area contributed by atoms with Crippen molar-refractivity contribution in [1.29, 1.82) is 0 Å². The van der Waals surface area contributed by atoms with Crippen molar-refractivity contribution in [3.63, 3.8) is 0 Å². The molecule has 1 aliphatic carbocycles. The zero-order chi connectivity index (χ0) is 13.4. The predicted octanol–water partition coefficient (Wildman–Crippen LogP) is 4.37. The summed E-state index contributed by atoms with van der Waals surface area (Å²) in [6.45, 7) is 3.33. The number of alkyl halides is 1. The average Bonchev–Trinajstić information content (AvgIpc) is 2.94. The Morgan fingerprint density at radius 2 is 2.32 bits per heavy atom. The lowest BCUT2D eigenvalue weighted by Gasteiger charge is -2.13. The van der Waals surface area contributed by atoms with Crippen LogP contribution >= 0.6 is 27.5 Å². The van der Waals surface area contributed by atoms with Crippen LogP contribution in [-0.4, -0.2) is 14.5 Å². The van der Waals surface area contributed by atoms with E-state index in [0.29, 0.717) is 5.88 Å². The largest absolute Gasteiger partial charge is 0.311 e. The van der Waals surface area contributed by atoms with Crippen molar-refractivity contribution < 1.29 is 0 Å². The van der Waals surface area contributed by atoms with Crippen LogP contribution in [0.5, 0.6) is 0 Å². The van der Waals surface area contributed by atoms with Crippen LogP contribution in [-0.2, 0) is 12.4 Å². The minimum atomic E-state index is 0.441. The van der Waals surface area contributed by atoms with Crippen LogP contribution in [0.2, 0.25) is 0 Å². The van der Waals surface area contributed by atoms with Crippen LogP contribution in [0.1, 0.15) is 32.0 Å². The van der Waals surface area contributed by atoms with Crippen molar-refractivity contribution in [2.24, 2.45) is 11.8 Å². The van der Waals surface area contributed by atoms with Gasteiger partial charge in [-0.25, -0.2) is 9.97 Å². The standard InChI is InChI=1S/C14H17BrClN3/c1-9-2-3-10(4-9)8-19-13(6-16)18-12-5-11(15)7-17-14(12)19/h5,7,9-10H,2-4,6,8H2,1H3. The molecule has 0 spiro atoms. The fourth-order valence-corrected chi connectivity index (χ4v) is 3.60. The fraction of sp³-hybridized carbons (Fsp3) is 0.571. The predicted molar refractivity (Wildman–Crippen MR) is 81.3 cm³/mol. The van der Waals surface area contributed by atoms with Gasteiger partial charge in [0.15, 0.2) is 5.65 Å². The molecule has 1 aliphatic rings. The first-order valence-corrected chi connectivity index (χ1v) is 8.06. The van der Waals surface area contributed by atoms with Gasteiger partial charge in [0.1, 0.15) is 11.3 Å². The third-order valence-electron chi connectivity index (χ3n) is 3.99. The van der Waals surface area contributed by atoms with Gasteiger partial charge in [-0.15, -0.1) is 11.6 Å². The molecule has 102 valence electrons. The second kappa shape index (κ2) is 5.41. The van der Waals surface area contributed by atoms with Crippen molar-refractivity contribution in [2.45, 2.75) is 38.6 Å². The third kappa shape index (κ3) is 2.65. The zero-order valence-electron chi connectivity index (χ0n) is 10.9. The molecule has 2 aromatic rings. The van der Waals surface area contributed by atoms with Gasteiger partial charge in [-0.2, -0.15) is 0 Å². The van der Waals surface area contributed by atoms with Gasteiger partial charge in [0, 0.05) is 17.2 Å². The number of hydrogen-bond donors (Lipinski definition) is 0. The first kappa shape index (κ1) is 13.4. The SMILES string of the molecule is CC1CCC(Cn2c(CCl)nc3cc(Br)cnc32)C1. The molecule has 0 bridgehead atoms. The Labute approximate surface area is 126 Å². The van der Waals surface area contributed by atoms with E-state index in [-0.39, 0.29) is 0 Å². The van der Waals surface area contributed by atoms with Gasteiger partial charge in [-0.1, -0.05) is 13.3 Å². The van der Waals surface area contributed by atoms with E-state index in [4.69, 9.17) is 11.6 Å². The Morgan fingerprint density at radius 1 is 1.47 bits per heavy atom. The van der Waals surface area contributed by atoms with Crippen molar-refractivity contribution >= 4 is 38.7 Å². The monoisotopic (exact) mass is 341 g/mol. The van der Waals surface area contributed by atoms with Crippen LogP contribution in [0.3, 0.4) is 0 Å². The summed E-state index contributed by atoms with van der Waals surface area (Å²) in [4.78, 5) is 9.10. The van der Waals surface area contributed by atoms with E-state index >= 15 is 0 Å². The topological polar surface area (TPSA) is 30.7 Å². The van der Waals surface area contributed by atoms with Gasteiger partial charge in [-0.3, -0.25) is 0 Å². The molecule has 0 N–H and O–H groups in total. The molecule has 3 nitrogen and oxygen atoms in total. The number of aromatic nitrogens is 3. The lowest BCUT2D eigenvalue weighted by Crippen LogP contribution is -2.11. The molecule has 2 heterocycles. The third-order valence-corrected chi connectivity index (χ3v) is 4.67. The molecule has 1 saturated carbocycles. The second-order valence-electron chi connectivity index (χ2n) is 5.55. The van der Waals surface area contributed by atoms with Gasteiger partial charge in [0.05, 0.1) is 5.88 Å². The van der Waals surface area contributed by atoms with E-state index in [2.05, 4.69) is 37.4 Å². The van der Waals surface area contributed by atoms with Crippen molar-refractivity contribution in [3.05, 3.63) is 22.6 Å². The molecule has 19 heavy (non-hydrogen) atoms. The van der Waals surface area contributed by atoms with Crippen LogP contribution in [0.25, 0.3) is 11.2 Å². The first-order valence-electron chi connectivity index (χ1n) is 6.74. The summed E-state index contributed by atoms with van der Waals surface area (Å²) in [6.07, 6.45) is 5.78. The normalized spacial score (nSPS) is 23.3. The quantitative estimate of drug-likeness (QED) is 0.776. The van der Waals surface area contributed by atoms with E-state index in [1.165, 1.54) is 19.3 Å². The molecule has 3 rings (SSSR count). The smallest absolute Gasteiger partial charge is 0.160 e. The zero-order valence-corrected chi connectivity index (χ0v) is 13.3. The molecule has 2 atom stereocenters. The summed E-state index contributed by atoms with van der Waals surface area (Å²) in [5, 5.41) is 0. The Hall–Kier alpha value is -0.610. The highest BCUT2D eigenvalue weighted by Gasteiger charge is 2.23. The van der Waals surface area contributed by atoms with E-state index < -0.39 is 0 Å². The average molecular weight is 343 g/mol. The molecule has 0 radical (unpaired) electrons. The number of imidazole rings is 1. The van der Waals surface area contributed by atoms with Crippen molar-refractivity contribution in [1.82, 2.24) is 14.5 Å². The van der Waals surface area contributed by atoms with E-state index in [1.807, 2.05) is 12.3 Å². The summed E-state index contributed by atoms with van der Waals surface area (Å²) in [6, 6.07) is 2.01. The molecule has 5 heteroatoms. The lowest BCUT2D eigenvalue weighted by molar-refractivity contribution is 0.440. The van der Waals surface area contributed by atoms with Gasteiger partial charge in [0.25, 0.3) is 0 Å². The summed E-state index contributed by atoms with van der Waals surface area (Å²) < 4.78 is 3.16. The van der Waals surface area contributed by atoms with Gasteiger partial charge >= 0.3 is 0 Å². The summed E-state index contributed by atoms with van der Waals surface area (Å²) in [5.74, 6) is 2.96. The molecule has 1 fully saturated rings. The van der Waals surface area contributed by atoms with E-state index in [9.17, 15) is 0 Å². The Morgan fingerprint density at radius 3 is 3.00 bits per heavy atom. The summed E-state index contributed by atoms with van der Waals surface area (Å²) in [7, 11) is 0. The summed E-state index contributed by atoms with van der Waals surface area (Å²) in [5.41, 5.74) is 1.88. The highest BCUT2D eigenvalue weighted by Crippen LogP contribution is 2.32. The molecule has 2 aromatic heterocycles. The minimum absolute atomic E-state index is 0.441. The van der Waals surface area contributed by atoms with Crippen LogP contribution in [0.4, 0.5) is 0 Å².